The second-order valence-corrected chi connectivity index (χ2v) is 8.35. The average molecular weight is 448 g/mol. The van der Waals surface area contributed by atoms with Crippen LogP contribution in [0.25, 0.3) is 0 Å². The number of rotatable bonds is 6. The quantitative estimate of drug-likeness (QED) is 0.583. The number of ether oxygens (including phenoxy) is 1. The summed E-state index contributed by atoms with van der Waals surface area (Å²) >= 11 is 0. The Morgan fingerprint density at radius 2 is 1.90 bits per heavy atom. The first kappa shape index (κ1) is 22.4. The number of likely N-dealkylation sites (tertiary alicyclic amines) is 1. The second-order valence-electron chi connectivity index (χ2n) is 8.35. The first-order chi connectivity index (χ1) is 14.6. The smallest absolute Gasteiger partial charge is 0.333 e. The number of carbonyl (C=O) groups excluding carboxylic acids is 1. The number of alkyl halides is 4. The summed E-state index contributed by atoms with van der Waals surface area (Å²) in [4.78, 5) is 14.4. The van der Waals surface area contributed by atoms with Gasteiger partial charge in [-0.2, -0.15) is 0 Å². The van der Waals surface area contributed by atoms with E-state index in [2.05, 4.69) is 20.7 Å². The molecule has 1 aliphatic carbocycles. The van der Waals surface area contributed by atoms with Gasteiger partial charge in [0.1, 0.15) is 18.1 Å². The van der Waals surface area contributed by atoms with Gasteiger partial charge in [-0.25, -0.2) is 8.78 Å². The molecule has 0 aromatic heterocycles. The van der Waals surface area contributed by atoms with Crippen molar-refractivity contribution in [1.29, 1.82) is 0 Å². The molecular weight excluding hydrogens is 423 g/mol. The van der Waals surface area contributed by atoms with Crippen molar-refractivity contribution < 1.29 is 31.5 Å². The molecule has 3 unspecified atom stereocenters. The van der Waals surface area contributed by atoms with Crippen LogP contribution in [0.4, 0.5) is 22.0 Å². The van der Waals surface area contributed by atoms with Crippen LogP contribution in [0, 0.1) is 11.7 Å². The summed E-state index contributed by atoms with van der Waals surface area (Å²) in [6, 6.07) is 3.43. The normalized spacial score (nSPS) is 32.5. The van der Waals surface area contributed by atoms with E-state index in [9.17, 15) is 22.4 Å². The Kier molecular flexibility index (Phi) is 6.21. The predicted molar refractivity (Wildman–Crippen MR) is 101 cm³/mol. The van der Waals surface area contributed by atoms with Gasteiger partial charge >= 0.3 is 6.36 Å². The van der Waals surface area contributed by atoms with E-state index in [0.29, 0.717) is 5.56 Å². The fourth-order valence-electron chi connectivity index (χ4n) is 4.20. The molecule has 172 valence electrons. The first-order valence-electron chi connectivity index (χ1n) is 10.3. The maximum atomic E-state index is 15.3. The number of nitrogens with zero attached hydrogens (tertiary/aromatic N) is 1. The van der Waals surface area contributed by atoms with E-state index in [0.717, 1.165) is 12.8 Å². The van der Waals surface area contributed by atoms with Crippen molar-refractivity contribution in [2.45, 2.75) is 62.7 Å². The lowest BCUT2D eigenvalue weighted by Gasteiger charge is -2.47. The molecule has 1 aromatic rings. The molecule has 31 heavy (non-hydrogen) atoms. The fraction of sp³-hybridized carbons (Fsp3) is 0.650. The monoisotopic (exact) mass is 448 g/mol. The minimum atomic E-state index is -4.75. The molecule has 4 rings (SSSR count). The van der Waals surface area contributed by atoms with Crippen LogP contribution in [0.3, 0.4) is 0 Å². The largest absolute Gasteiger partial charge is 0.522 e. The van der Waals surface area contributed by atoms with Gasteiger partial charge in [0.2, 0.25) is 5.91 Å². The Morgan fingerprint density at radius 3 is 2.48 bits per heavy atom. The standard InChI is InChI=1S/C20H25F5N4O2/c1-10-14(31-20(23,24)25)8-29(10)19(30)17(12-2-3-12)28-18-15(22)16(26-9-27-18)11-4-6-13(21)7-5-11/h4-7,10,12,14-18,26-28H,2-3,8-9H2,1H3/t10-,14-,15?,16?,17+,18?/m0/s1. The fourth-order valence-corrected chi connectivity index (χ4v) is 4.20. The Hall–Kier alpha value is -1.82. The molecule has 11 heteroatoms. The first-order valence-corrected chi connectivity index (χ1v) is 10.3. The molecule has 1 aromatic carbocycles. The molecule has 1 saturated carbocycles. The van der Waals surface area contributed by atoms with Crippen LogP contribution in [-0.4, -0.2) is 60.9 Å². The van der Waals surface area contributed by atoms with Gasteiger partial charge in [-0.1, -0.05) is 12.1 Å². The van der Waals surface area contributed by atoms with E-state index in [4.69, 9.17) is 0 Å². The van der Waals surface area contributed by atoms with Crippen LogP contribution in [0.1, 0.15) is 31.4 Å². The van der Waals surface area contributed by atoms with Crippen LogP contribution in [0.2, 0.25) is 0 Å². The zero-order chi connectivity index (χ0) is 22.3. The number of carbonyl (C=O) groups is 1. The zero-order valence-electron chi connectivity index (χ0n) is 16.8. The molecule has 0 bridgehead atoms. The van der Waals surface area contributed by atoms with Crippen molar-refractivity contribution in [3.8, 4) is 0 Å². The molecule has 0 radical (unpaired) electrons. The van der Waals surface area contributed by atoms with Gasteiger partial charge in [0.05, 0.1) is 24.3 Å². The molecule has 6 atom stereocenters. The van der Waals surface area contributed by atoms with Crippen LogP contribution < -0.4 is 16.0 Å². The summed E-state index contributed by atoms with van der Waals surface area (Å²) in [6.45, 7) is 1.63. The number of halogens is 5. The topological polar surface area (TPSA) is 65.6 Å². The maximum Gasteiger partial charge on any atom is 0.522 e. The van der Waals surface area contributed by atoms with Crippen molar-refractivity contribution in [2.24, 2.45) is 5.92 Å². The summed E-state index contributed by atoms with van der Waals surface area (Å²) in [7, 11) is 0. The SMILES string of the molecule is C[C@H]1[C@@H](OC(F)(F)F)CN1C(=O)[C@H](NC1NCNC(c2ccc(F)cc2)C1F)C1CC1. The number of benzene rings is 1. The summed E-state index contributed by atoms with van der Waals surface area (Å²) in [5, 5.41) is 9.01. The van der Waals surface area contributed by atoms with E-state index in [1.807, 2.05) is 0 Å². The summed E-state index contributed by atoms with van der Waals surface area (Å²) < 4.78 is 69.9. The average Bonchev–Trinajstić information content (AvgIpc) is 3.54. The summed E-state index contributed by atoms with van der Waals surface area (Å²) in [6.07, 6.45) is -6.57. The molecule has 2 heterocycles. The summed E-state index contributed by atoms with van der Waals surface area (Å²) in [5.41, 5.74) is 0.583. The predicted octanol–water partition coefficient (Wildman–Crippen LogP) is 2.19. The van der Waals surface area contributed by atoms with Crippen molar-refractivity contribution in [2.75, 3.05) is 13.2 Å². The zero-order valence-corrected chi connectivity index (χ0v) is 16.8. The van der Waals surface area contributed by atoms with Gasteiger partial charge in [-0.3, -0.25) is 25.5 Å². The number of amides is 1. The maximum absolute atomic E-state index is 15.3. The van der Waals surface area contributed by atoms with E-state index < -0.39 is 48.7 Å². The van der Waals surface area contributed by atoms with Gasteiger partial charge < -0.3 is 4.90 Å². The van der Waals surface area contributed by atoms with E-state index in [1.165, 1.54) is 36.1 Å². The molecular formula is C20H25F5N4O2. The molecule has 3 N–H and O–H groups in total. The highest BCUT2D eigenvalue weighted by Crippen LogP contribution is 2.37. The Bertz CT molecular complexity index is 789. The third kappa shape index (κ3) is 5.00. The van der Waals surface area contributed by atoms with Crippen LogP contribution in [-0.2, 0) is 9.53 Å². The van der Waals surface area contributed by atoms with E-state index in [-0.39, 0.29) is 25.0 Å². The van der Waals surface area contributed by atoms with Crippen LogP contribution in [0.15, 0.2) is 24.3 Å². The van der Waals surface area contributed by atoms with Crippen molar-refractivity contribution in [1.82, 2.24) is 20.9 Å². The molecule has 3 fully saturated rings. The number of nitrogens with one attached hydrogen (secondary N) is 3. The minimum Gasteiger partial charge on any atom is -0.333 e. The Morgan fingerprint density at radius 1 is 1.23 bits per heavy atom. The van der Waals surface area contributed by atoms with Crippen LogP contribution >= 0.6 is 0 Å². The van der Waals surface area contributed by atoms with E-state index >= 15 is 4.39 Å². The molecule has 1 amide bonds. The summed E-state index contributed by atoms with van der Waals surface area (Å²) in [5.74, 6) is -0.753. The Labute approximate surface area is 176 Å². The lowest BCUT2D eigenvalue weighted by molar-refractivity contribution is -0.359. The molecule has 3 aliphatic rings. The number of hydrogen-bond donors (Lipinski definition) is 3. The highest BCUT2D eigenvalue weighted by molar-refractivity contribution is 5.84. The molecule has 0 spiro atoms. The van der Waals surface area contributed by atoms with Crippen molar-refractivity contribution in [3.05, 3.63) is 35.6 Å². The highest BCUT2D eigenvalue weighted by Gasteiger charge is 2.50. The third-order valence-electron chi connectivity index (χ3n) is 6.20. The lowest BCUT2D eigenvalue weighted by Crippen LogP contribution is -2.69. The molecule has 2 aliphatic heterocycles. The number of hydrogen-bond acceptors (Lipinski definition) is 5. The highest BCUT2D eigenvalue weighted by atomic mass is 19.4. The third-order valence-corrected chi connectivity index (χ3v) is 6.20. The molecule has 6 nitrogen and oxygen atoms in total. The van der Waals surface area contributed by atoms with Crippen molar-refractivity contribution >= 4 is 5.91 Å². The minimum absolute atomic E-state index is 0.00967. The van der Waals surface area contributed by atoms with Gasteiger partial charge in [-0.05, 0) is 43.4 Å². The van der Waals surface area contributed by atoms with Gasteiger partial charge in [0, 0.05) is 13.2 Å². The molecule has 2 saturated heterocycles. The van der Waals surface area contributed by atoms with E-state index in [1.54, 1.807) is 0 Å². The van der Waals surface area contributed by atoms with Gasteiger partial charge in [0.15, 0.2) is 0 Å². The lowest BCUT2D eigenvalue weighted by atomic mass is 9.96. The van der Waals surface area contributed by atoms with Crippen molar-refractivity contribution in [3.63, 3.8) is 0 Å². The second kappa shape index (κ2) is 8.61. The Balaban J connectivity index is 1.40. The van der Waals surface area contributed by atoms with Gasteiger partial charge in [0.25, 0.3) is 0 Å². The van der Waals surface area contributed by atoms with Gasteiger partial charge in [-0.15, -0.1) is 13.2 Å². The van der Waals surface area contributed by atoms with Crippen LogP contribution in [0.5, 0.6) is 0 Å².